The second-order valence-corrected chi connectivity index (χ2v) is 6.35. The molecule has 0 saturated carbocycles. The zero-order valence-corrected chi connectivity index (χ0v) is 12.8. The first-order valence-electron chi connectivity index (χ1n) is 6.64. The highest BCUT2D eigenvalue weighted by atomic mass is 32.2. The van der Waals surface area contributed by atoms with Crippen LogP contribution in [0.15, 0.2) is 36.4 Å². The van der Waals surface area contributed by atoms with Crippen LogP contribution in [0.5, 0.6) is 0 Å². The van der Waals surface area contributed by atoms with E-state index in [-0.39, 0.29) is 11.6 Å². The van der Waals surface area contributed by atoms with Gasteiger partial charge in [0, 0.05) is 0 Å². The third-order valence-electron chi connectivity index (χ3n) is 2.71. The molecule has 1 heterocycles. The number of para-hydroxylation sites is 1. The summed E-state index contributed by atoms with van der Waals surface area (Å²) in [6.07, 6.45) is 0.521. The van der Waals surface area contributed by atoms with Crippen LogP contribution in [0.25, 0.3) is 0 Å². The molecule has 2 rings (SSSR count). The van der Waals surface area contributed by atoms with Gasteiger partial charge in [-0.15, -0.1) is 10.2 Å². The number of sulfonamides is 1. The summed E-state index contributed by atoms with van der Waals surface area (Å²) in [5.41, 5.74) is 1.09. The van der Waals surface area contributed by atoms with Gasteiger partial charge in [-0.05, 0) is 30.7 Å². The zero-order valence-electron chi connectivity index (χ0n) is 11.9. The fourth-order valence-corrected chi connectivity index (χ4v) is 2.83. The highest BCUT2D eigenvalue weighted by molar-refractivity contribution is 7.92. The van der Waals surface area contributed by atoms with Crippen molar-refractivity contribution in [3.8, 4) is 6.07 Å². The molecule has 0 radical (unpaired) electrons. The molecule has 22 heavy (non-hydrogen) atoms. The van der Waals surface area contributed by atoms with Crippen LogP contribution in [0.2, 0.25) is 0 Å². The third kappa shape index (κ3) is 4.17. The molecule has 8 heteroatoms. The summed E-state index contributed by atoms with van der Waals surface area (Å²) in [7, 11) is -3.38. The highest BCUT2D eigenvalue weighted by Gasteiger charge is 2.10. The van der Waals surface area contributed by atoms with Crippen molar-refractivity contribution in [1.29, 1.82) is 5.26 Å². The summed E-state index contributed by atoms with van der Waals surface area (Å²) in [6.45, 7) is 1.78. The Bertz CT molecular complexity index is 782. The van der Waals surface area contributed by atoms with Crippen molar-refractivity contribution in [3.05, 3.63) is 42.0 Å². The summed E-state index contributed by atoms with van der Waals surface area (Å²) in [4.78, 5) is 0. The van der Waals surface area contributed by atoms with E-state index in [0.717, 1.165) is 0 Å². The van der Waals surface area contributed by atoms with Crippen molar-refractivity contribution in [2.24, 2.45) is 0 Å². The van der Waals surface area contributed by atoms with Gasteiger partial charge in [-0.2, -0.15) is 5.26 Å². The molecule has 0 atom stereocenters. The largest absolute Gasteiger partial charge is 0.338 e. The summed E-state index contributed by atoms with van der Waals surface area (Å²) in [5.74, 6) is 0.609. The summed E-state index contributed by atoms with van der Waals surface area (Å²) >= 11 is 0. The van der Waals surface area contributed by atoms with E-state index in [1.54, 1.807) is 37.3 Å². The first-order chi connectivity index (χ1) is 10.5. The van der Waals surface area contributed by atoms with Gasteiger partial charge in [0.2, 0.25) is 10.0 Å². The number of benzene rings is 1. The Morgan fingerprint density at radius 1 is 1.14 bits per heavy atom. The van der Waals surface area contributed by atoms with Crippen molar-refractivity contribution in [2.45, 2.75) is 13.3 Å². The van der Waals surface area contributed by atoms with Crippen LogP contribution < -0.4 is 10.0 Å². The lowest BCUT2D eigenvalue weighted by molar-refractivity contribution is 0.599. The average Bonchev–Trinajstić information content (AvgIpc) is 2.49. The lowest BCUT2D eigenvalue weighted by atomic mass is 10.2. The minimum atomic E-state index is -3.38. The number of nitrogens with one attached hydrogen (secondary N) is 2. The molecule has 0 spiro atoms. The average molecular weight is 317 g/mol. The quantitative estimate of drug-likeness (QED) is 0.846. The predicted octanol–water partition coefficient (Wildman–Crippen LogP) is 2.24. The minimum Gasteiger partial charge on any atom is -0.338 e. The van der Waals surface area contributed by atoms with Crippen molar-refractivity contribution in [2.75, 3.05) is 15.8 Å². The Morgan fingerprint density at radius 2 is 1.82 bits per heavy atom. The Labute approximate surface area is 129 Å². The Hall–Kier alpha value is -2.66. The van der Waals surface area contributed by atoms with E-state index in [2.05, 4.69) is 26.3 Å². The molecule has 0 fully saturated rings. The molecule has 0 amide bonds. The number of hydrogen-bond donors (Lipinski definition) is 2. The SMILES string of the molecule is CCCS(=O)(=O)Nc1ccc(Nc2ccccc2C#N)nn1. The van der Waals surface area contributed by atoms with Crippen LogP contribution >= 0.6 is 0 Å². The molecule has 114 valence electrons. The number of aromatic nitrogens is 2. The van der Waals surface area contributed by atoms with Crippen LogP contribution in [-0.4, -0.2) is 24.4 Å². The maximum atomic E-state index is 11.6. The van der Waals surface area contributed by atoms with E-state index in [1.807, 2.05) is 0 Å². The van der Waals surface area contributed by atoms with Crippen LogP contribution in [0.3, 0.4) is 0 Å². The number of nitrogens with zero attached hydrogens (tertiary/aromatic N) is 3. The second-order valence-electron chi connectivity index (χ2n) is 4.51. The monoisotopic (exact) mass is 317 g/mol. The number of hydrogen-bond acceptors (Lipinski definition) is 6. The van der Waals surface area contributed by atoms with Gasteiger partial charge in [-0.25, -0.2) is 8.42 Å². The van der Waals surface area contributed by atoms with Gasteiger partial charge in [-0.3, -0.25) is 4.72 Å². The van der Waals surface area contributed by atoms with Crippen molar-refractivity contribution < 1.29 is 8.42 Å². The molecule has 1 aromatic carbocycles. The van der Waals surface area contributed by atoms with E-state index in [4.69, 9.17) is 5.26 Å². The van der Waals surface area contributed by atoms with E-state index >= 15 is 0 Å². The summed E-state index contributed by atoms with van der Waals surface area (Å²) in [6, 6.07) is 12.2. The van der Waals surface area contributed by atoms with E-state index in [1.165, 1.54) is 6.07 Å². The van der Waals surface area contributed by atoms with Crippen molar-refractivity contribution >= 4 is 27.3 Å². The zero-order chi connectivity index (χ0) is 16.0. The third-order valence-corrected chi connectivity index (χ3v) is 4.17. The maximum Gasteiger partial charge on any atom is 0.233 e. The van der Waals surface area contributed by atoms with Gasteiger partial charge < -0.3 is 5.32 Å². The van der Waals surface area contributed by atoms with Gasteiger partial charge in [0.25, 0.3) is 0 Å². The Balaban J connectivity index is 2.11. The van der Waals surface area contributed by atoms with E-state index in [0.29, 0.717) is 23.5 Å². The molecule has 0 bridgehead atoms. The summed E-state index contributed by atoms with van der Waals surface area (Å²) < 4.78 is 25.6. The van der Waals surface area contributed by atoms with Gasteiger partial charge in [0.1, 0.15) is 6.07 Å². The number of anilines is 3. The molecule has 1 aromatic heterocycles. The lowest BCUT2D eigenvalue weighted by Crippen LogP contribution is -2.17. The second kappa shape index (κ2) is 6.87. The van der Waals surface area contributed by atoms with Crippen LogP contribution in [-0.2, 0) is 10.0 Å². The summed E-state index contributed by atoms with van der Waals surface area (Å²) in [5, 5.41) is 19.7. The van der Waals surface area contributed by atoms with Crippen LogP contribution in [0, 0.1) is 11.3 Å². The molecular formula is C14H15N5O2S. The van der Waals surface area contributed by atoms with E-state index < -0.39 is 10.0 Å². The highest BCUT2D eigenvalue weighted by Crippen LogP contribution is 2.19. The van der Waals surface area contributed by atoms with Gasteiger partial charge in [0.05, 0.1) is 17.0 Å². The predicted molar refractivity (Wildman–Crippen MR) is 84.2 cm³/mol. The molecule has 0 saturated heterocycles. The fraction of sp³-hybridized carbons (Fsp3) is 0.214. The lowest BCUT2D eigenvalue weighted by Gasteiger charge is -2.08. The first kappa shape index (κ1) is 15.7. The topological polar surface area (TPSA) is 108 Å². The van der Waals surface area contributed by atoms with E-state index in [9.17, 15) is 8.42 Å². The fourth-order valence-electron chi connectivity index (χ4n) is 1.76. The normalized spacial score (nSPS) is 10.7. The molecule has 0 aliphatic carbocycles. The van der Waals surface area contributed by atoms with Crippen LogP contribution in [0.1, 0.15) is 18.9 Å². The molecule has 0 unspecified atom stereocenters. The van der Waals surface area contributed by atoms with Crippen molar-refractivity contribution in [3.63, 3.8) is 0 Å². The van der Waals surface area contributed by atoms with Crippen LogP contribution in [0.4, 0.5) is 17.3 Å². The Kier molecular flexibility index (Phi) is 4.91. The number of nitriles is 1. The molecular weight excluding hydrogens is 302 g/mol. The minimum absolute atomic E-state index is 0.0320. The smallest absolute Gasteiger partial charge is 0.233 e. The maximum absolute atomic E-state index is 11.6. The molecule has 2 aromatic rings. The molecule has 2 N–H and O–H groups in total. The Morgan fingerprint density at radius 3 is 2.45 bits per heavy atom. The molecule has 0 aliphatic rings. The van der Waals surface area contributed by atoms with Gasteiger partial charge >= 0.3 is 0 Å². The first-order valence-corrected chi connectivity index (χ1v) is 8.29. The molecule has 7 nitrogen and oxygen atoms in total. The standard InChI is InChI=1S/C14H15N5O2S/c1-2-9-22(20,21)19-14-8-7-13(17-18-14)16-12-6-4-3-5-11(12)10-15/h3-8H,2,9H2,1H3,(H,16,17)(H,18,19). The van der Waals surface area contributed by atoms with Gasteiger partial charge in [0.15, 0.2) is 11.6 Å². The molecule has 0 aliphatic heterocycles. The number of rotatable bonds is 6. The van der Waals surface area contributed by atoms with Gasteiger partial charge in [-0.1, -0.05) is 19.1 Å². The van der Waals surface area contributed by atoms with Crippen molar-refractivity contribution in [1.82, 2.24) is 10.2 Å².